The van der Waals surface area contributed by atoms with Crippen LogP contribution >= 0.6 is 0 Å². The van der Waals surface area contributed by atoms with E-state index >= 15 is 0 Å². The number of anilines is 1. The Balaban J connectivity index is 1.74. The van der Waals surface area contributed by atoms with E-state index in [2.05, 4.69) is 5.10 Å². The number of benzene rings is 1. The van der Waals surface area contributed by atoms with Crippen LogP contribution in [0.1, 0.15) is 36.5 Å². The minimum atomic E-state index is -0.973. The van der Waals surface area contributed by atoms with E-state index in [1.165, 1.54) is 4.90 Å². The lowest BCUT2D eigenvalue weighted by Crippen LogP contribution is -2.37. The topological polar surface area (TPSA) is 73.2 Å². The van der Waals surface area contributed by atoms with Gasteiger partial charge in [-0.1, -0.05) is 0 Å². The molecule has 1 saturated carbocycles. The number of carboxylic acid groups (broad SMARTS) is 1. The van der Waals surface area contributed by atoms with E-state index in [9.17, 15) is 9.59 Å². The first-order chi connectivity index (χ1) is 10.5. The number of aliphatic carboxylic acids is 1. The number of amides is 1. The molecule has 0 atom stereocenters. The summed E-state index contributed by atoms with van der Waals surface area (Å²) in [6.45, 7) is 2.62. The molecule has 1 aromatic carbocycles. The molecule has 1 N–H and O–H groups in total. The van der Waals surface area contributed by atoms with Crippen LogP contribution in [0.5, 0.6) is 0 Å². The fourth-order valence-corrected chi connectivity index (χ4v) is 2.60. The Kier molecular flexibility index (Phi) is 3.83. The van der Waals surface area contributed by atoms with E-state index in [-0.39, 0.29) is 18.5 Å². The van der Waals surface area contributed by atoms with Crippen LogP contribution in [0, 0.1) is 0 Å². The van der Waals surface area contributed by atoms with Crippen LogP contribution < -0.4 is 5.01 Å². The number of carboxylic acids is 1. The molecule has 2 aliphatic rings. The quantitative estimate of drug-likeness (QED) is 0.902. The first-order valence-electron chi connectivity index (χ1n) is 7.49. The highest BCUT2D eigenvalue weighted by Crippen LogP contribution is 2.28. The van der Waals surface area contributed by atoms with Crippen molar-refractivity contribution in [2.45, 2.75) is 32.2 Å². The third-order valence-corrected chi connectivity index (χ3v) is 3.94. The number of carbonyl (C=O) groups is 2. The van der Waals surface area contributed by atoms with Gasteiger partial charge >= 0.3 is 5.97 Å². The smallest absolute Gasteiger partial charge is 0.323 e. The fraction of sp³-hybridized carbons (Fsp3) is 0.438. The molecule has 1 aliphatic heterocycles. The van der Waals surface area contributed by atoms with Gasteiger partial charge in [0.25, 0.3) is 5.91 Å². The van der Waals surface area contributed by atoms with Crippen molar-refractivity contribution < 1.29 is 14.7 Å². The van der Waals surface area contributed by atoms with Crippen molar-refractivity contribution in [1.82, 2.24) is 4.90 Å². The van der Waals surface area contributed by atoms with Gasteiger partial charge in [-0.25, -0.2) is 0 Å². The second kappa shape index (κ2) is 5.79. The molecular weight excluding hydrogens is 282 g/mol. The molecule has 1 aromatic rings. The monoisotopic (exact) mass is 301 g/mol. The van der Waals surface area contributed by atoms with E-state index < -0.39 is 5.97 Å². The number of carbonyl (C=O) groups excluding carboxylic acids is 1. The molecule has 1 fully saturated rings. The van der Waals surface area contributed by atoms with Crippen molar-refractivity contribution in [3.8, 4) is 0 Å². The molecule has 6 heteroatoms. The standard InChI is InChI=1S/C16H19N3O3/c1-11-8-9-19(17-11)14-4-2-12(3-5-14)16(22)18(10-15(20)21)13-6-7-13/h2-5,13H,6-10H2,1H3,(H,20,21). The lowest BCUT2D eigenvalue weighted by Gasteiger charge is -2.21. The molecule has 1 aliphatic carbocycles. The number of nitrogens with zero attached hydrogens (tertiary/aromatic N) is 3. The molecule has 0 bridgehead atoms. The summed E-state index contributed by atoms with van der Waals surface area (Å²) < 4.78 is 0. The zero-order valence-electron chi connectivity index (χ0n) is 12.5. The van der Waals surface area contributed by atoms with Crippen LogP contribution in [0.15, 0.2) is 29.4 Å². The van der Waals surface area contributed by atoms with Gasteiger partial charge in [0.2, 0.25) is 0 Å². The summed E-state index contributed by atoms with van der Waals surface area (Å²) in [6.07, 6.45) is 2.73. The highest BCUT2D eigenvalue weighted by Gasteiger charge is 2.34. The van der Waals surface area contributed by atoms with Crippen molar-refractivity contribution in [2.75, 3.05) is 18.1 Å². The van der Waals surface area contributed by atoms with Gasteiger partial charge in [0, 0.05) is 30.3 Å². The molecular formula is C16H19N3O3. The van der Waals surface area contributed by atoms with E-state index in [1.54, 1.807) is 12.1 Å². The molecule has 1 amide bonds. The van der Waals surface area contributed by atoms with Crippen LogP contribution in [0.25, 0.3) is 0 Å². The lowest BCUT2D eigenvalue weighted by atomic mass is 10.1. The predicted octanol–water partition coefficient (Wildman–Crippen LogP) is 1.96. The van der Waals surface area contributed by atoms with Gasteiger partial charge in [0.15, 0.2) is 0 Å². The summed E-state index contributed by atoms with van der Waals surface area (Å²) in [4.78, 5) is 24.8. The fourth-order valence-electron chi connectivity index (χ4n) is 2.60. The van der Waals surface area contributed by atoms with Gasteiger partial charge in [-0.3, -0.25) is 14.6 Å². The van der Waals surface area contributed by atoms with E-state index in [1.807, 2.05) is 24.1 Å². The number of hydrazone groups is 1. The normalized spacial score (nSPS) is 17.3. The molecule has 0 spiro atoms. The van der Waals surface area contributed by atoms with E-state index in [0.717, 1.165) is 37.2 Å². The Hall–Kier alpha value is -2.37. The Morgan fingerprint density at radius 2 is 2.00 bits per heavy atom. The average Bonchev–Trinajstić information content (AvgIpc) is 3.25. The molecule has 0 aromatic heterocycles. The summed E-state index contributed by atoms with van der Waals surface area (Å²) >= 11 is 0. The average molecular weight is 301 g/mol. The Morgan fingerprint density at radius 1 is 1.32 bits per heavy atom. The van der Waals surface area contributed by atoms with Gasteiger partial charge in [-0.05, 0) is 44.0 Å². The zero-order valence-corrected chi connectivity index (χ0v) is 12.5. The van der Waals surface area contributed by atoms with Crippen LogP contribution in [-0.2, 0) is 4.79 Å². The summed E-state index contributed by atoms with van der Waals surface area (Å²) in [7, 11) is 0. The van der Waals surface area contributed by atoms with Gasteiger partial charge < -0.3 is 10.0 Å². The van der Waals surface area contributed by atoms with Crippen LogP contribution in [0.3, 0.4) is 0 Å². The Labute approximate surface area is 129 Å². The van der Waals surface area contributed by atoms with Crippen LogP contribution in [0.4, 0.5) is 5.69 Å². The molecule has 22 heavy (non-hydrogen) atoms. The van der Waals surface area contributed by atoms with Crippen molar-refractivity contribution in [2.24, 2.45) is 5.10 Å². The molecule has 0 unspecified atom stereocenters. The van der Waals surface area contributed by atoms with Gasteiger partial charge in [0.1, 0.15) is 6.54 Å². The SMILES string of the molecule is CC1=NN(c2ccc(C(=O)N(CC(=O)O)C3CC3)cc2)CC1. The van der Waals surface area contributed by atoms with Gasteiger partial charge in [-0.15, -0.1) is 0 Å². The van der Waals surface area contributed by atoms with E-state index in [0.29, 0.717) is 5.56 Å². The first kappa shape index (κ1) is 14.6. The van der Waals surface area contributed by atoms with Crippen molar-refractivity contribution in [3.05, 3.63) is 29.8 Å². The Bertz CT molecular complexity index is 620. The van der Waals surface area contributed by atoms with Gasteiger partial charge in [0.05, 0.1) is 5.69 Å². The highest BCUT2D eigenvalue weighted by molar-refractivity contribution is 5.96. The highest BCUT2D eigenvalue weighted by atomic mass is 16.4. The predicted molar refractivity (Wildman–Crippen MR) is 83.2 cm³/mol. The number of hydrogen-bond acceptors (Lipinski definition) is 4. The molecule has 1 heterocycles. The second-order valence-corrected chi connectivity index (χ2v) is 5.81. The molecule has 0 radical (unpaired) electrons. The van der Waals surface area contributed by atoms with Crippen LogP contribution in [0.2, 0.25) is 0 Å². The van der Waals surface area contributed by atoms with Gasteiger partial charge in [-0.2, -0.15) is 5.10 Å². The lowest BCUT2D eigenvalue weighted by molar-refractivity contribution is -0.137. The largest absolute Gasteiger partial charge is 0.480 e. The van der Waals surface area contributed by atoms with Crippen molar-refractivity contribution in [3.63, 3.8) is 0 Å². The van der Waals surface area contributed by atoms with Crippen molar-refractivity contribution >= 4 is 23.3 Å². The third-order valence-electron chi connectivity index (χ3n) is 3.94. The van der Waals surface area contributed by atoms with Crippen molar-refractivity contribution in [1.29, 1.82) is 0 Å². The minimum Gasteiger partial charge on any atom is -0.480 e. The number of rotatable bonds is 5. The summed E-state index contributed by atoms with van der Waals surface area (Å²) in [5.41, 5.74) is 2.57. The maximum absolute atomic E-state index is 12.5. The second-order valence-electron chi connectivity index (χ2n) is 5.81. The molecule has 3 rings (SSSR count). The minimum absolute atomic E-state index is 0.0779. The molecule has 116 valence electrons. The van der Waals surface area contributed by atoms with E-state index in [4.69, 9.17) is 5.11 Å². The molecule has 0 saturated heterocycles. The first-order valence-corrected chi connectivity index (χ1v) is 7.49. The van der Waals surface area contributed by atoms with Crippen LogP contribution in [-0.4, -0.2) is 46.7 Å². The maximum atomic E-state index is 12.5. The molecule has 6 nitrogen and oxygen atoms in total. The summed E-state index contributed by atoms with van der Waals surface area (Å²) in [5.74, 6) is -1.18. The zero-order chi connectivity index (χ0) is 15.7. The number of hydrogen-bond donors (Lipinski definition) is 1. The Morgan fingerprint density at radius 3 is 2.50 bits per heavy atom. The maximum Gasteiger partial charge on any atom is 0.323 e. The third kappa shape index (κ3) is 3.10. The summed E-state index contributed by atoms with van der Waals surface area (Å²) in [5, 5.41) is 15.3. The summed E-state index contributed by atoms with van der Waals surface area (Å²) in [6, 6.07) is 7.30.